The molecular weight excluding hydrogens is 368 g/mol. The van der Waals surface area contributed by atoms with E-state index in [0.29, 0.717) is 31.1 Å². The van der Waals surface area contributed by atoms with Crippen molar-refractivity contribution in [3.05, 3.63) is 65.7 Å². The smallest absolute Gasteiger partial charge is 0.251 e. The van der Waals surface area contributed by atoms with Crippen molar-refractivity contribution < 1.29 is 19.1 Å². The number of rotatable bonds is 11. The zero-order valence-corrected chi connectivity index (χ0v) is 17.3. The molecule has 0 aromatic heterocycles. The fourth-order valence-corrected chi connectivity index (χ4v) is 2.71. The van der Waals surface area contributed by atoms with Gasteiger partial charge in [-0.3, -0.25) is 9.59 Å². The first-order valence-electron chi connectivity index (χ1n) is 9.88. The highest BCUT2D eigenvalue weighted by molar-refractivity contribution is 5.95. The summed E-state index contributed by atoms with van der Waals surface area (Å²) in [5.41, 5.74) is 2.25. The van der Waals surface area contributed by atoms with Crippen molar-refractivity contribution in [3.8, 4) is 0 Å². The largest absolute Gasteiger partial charge is 0.376 e. The zero-order valence-electron chi connectivity index (χ0n) is 17.3. The van der Waals surface area contributed by atoms with Gasteiger partial charge in [0.05, 0.1) is 25.9 Å². The lowest BCUT2D eigenvalue weighted by Gasteiger charge is -2.14. The second-order valence-electron chi connectivity index (χ2n) is 7.17. The first-order valence-corrected chi connectivity index (χ1v) is 9.88. The number of amides is 2. The van der Waals surface area contributed by atoms with Gasteiger partial charge >= 0.3 is 0 Å². The Kier molecular flexibility index (Phi) is 9.34. The SMILES string of the molecule is CC(CC(=O)Nc1cccc(COCCOC(C)C)c1)NC(=O)c1ccccc1. The number of benzene rings is 2. The second-order valence-corrected chi connectivity index (χ2v) is 7.17. The molecule has 156 valence electrons. The van der Waals surface area contributed by atoms with Crippen LogP contribution in [0.5, 0.6) is 0 Å². The summed E-state index contributed by atoms with van der Waals surface area (Å²) in [6.07, 6.45) is 0.378. The molecule has 1 unspecified atom stereocenters. The molecule has 2 aromatic rings. The maximum absolute atomic E-state index is 12.3. The van der Waals surface area contributed by atoms with Crippen molar-refractivity contribution in [1.82, 2.24) is 5.32 Å². The average Bonchev–Trinajstić information content (AvgIpc) is 2.68. The molecule has 29 heavy (non-hydrogen) atoms. The molecule has 2 rings (SSSR count). The van der Waals surface area contributed by atoms with Gasteiger partial charge in [0.2, 0.25) is 5.91 Å². The molecule has 1 atom stereocenters. The van der Waals surface area contributed by atoms with Crippen LogP contribution in [0.3, 0.4) is 0 Å². The van der Waals surface area contributed by atoms with Crippen LogP contribution in [-0.4, -0.2) is 37.2 Å². The van der Waals surface area contributed by atoms with E-state index in [9.17, 15) is 9.59 Å². The Hall–Kier alpha value is -2.70. The standard InChI is InChI=1S/C23H30N2O4/c1-17(2)29-13-12-28-16-19-8-7-11-21(15-19)25-22(26)14-18(3)24-23(27)20-9-5-4-6-10-20/h4-11,15,17-18H,12-14,16H2,1-3H3,(H,24,27)(H,25,26). The molecule has 0 bridgehead atoms. The molecule has 0 saturated carbocycles. The van der Waals surface area contributed by atoms with Crippen molar-refractivity contribution >= 4 is 17.5 Å². The molecule has 0 saturated heterocycles. The molecule has 0 radical (unpaired) electrons. The molecule has 2 amide bonds. The van der Waals surface area contributed by atoms with E-state index in [0.717, 1.165) is 5.56 Å². The van der Waals surface area contributed by atoms with Gasteiger partial charge in [-0.25, -0.2) is 0 Å². The Morgan fingerprint density at radius 3 is 2.45 bits per heavy atom. The number of carbonyl (C=O) groups excluding carboxylic acids is 2. The van der Waals surface area contributed by atoms with Crippen LogP contribution >= 0.6 is 0 Å². The van der Waals surface area contributed by atoms with E-state index in [-0.39, 0.29) is 30.4 Å². The van der Waals surface area contributed by atoms with Crippen LogP contribution in [-0.2, 0) is 20.9 Å². The molecule has 0 aliphatic heterocycles. The van der Waals surface area contributed by atoms with Crippen LogP contribution < -0.4 is 10.6 Å². The molecule has 0 heterocycles. The minimum atomic E-state index is -0.282. The fraction of sp³-hybridized carbons (Fsp3) is 0.391. The topological polar surface area (TPSA) is 76.7 Å². The van der Waals surface area contributed by atoms with Gasteiger partial charge < -0.3 is 20.1 Å². The summed E-state index contributed by atoms with van der Waals surface area (Å²) in [7, 11) is 0. The highest BCUT2D eigenvalue weighted by atomic mass is 16.5. The molecule has 6 nitrogen and oxygen atoms in total. The molecule has 0 aliphatic rings. The van der Waals surface area contributed by atoms with E-state index in [1.807, 2.05) is 51.1 Å². The third-order valence-corrected chi connectivity index (χ3v) is 4.06. The molecule has 0 aliphatic carbocycles. The van der Waals surface area contributed by atoms with Crippen LogP contribution in [0.25, 0.3) is 0 Å². The van der Waals surface area contributed by atoms with E-state index >= 15 is 0 Å². The number of anilines is 1. The highest BCUT2D eigenvalue weighted by Crippen LogP contribution is 2.12. The average molecular weight is 399 g/mol. The van der Waals surface area contributed by atoms with Gasteiger partial charge in [0, 0.05) is 23.7 Å². The lowest BCUT2D eigenvalue weighted by molar-refractivity contribution is -0.116. The lowest BCUT2D eigenvalue weighted by Crippen LogP contribution is -2.35. The molecular formula is C23H30N2O4. The van der Waals surface area contributed by atoms with Gasteiger partial charge in [-0.15, -0.1) is 0 Å². The third kappa shape index (κ3) is 8.89. The maximum atomic E-state index is 12.3. The molecule has 0 fully saturated rings. The number of hydrogen-bond acceptors (Lipinski definition) is 4. The first-order chi connectivity index (χ1) is 13.9. The van der Waals surface area contributed by atoms with Crippen molar-refractivity contribution in [1.29, 1.82) is 0 Å². The van der Waals surface area contributed by atoms with Crippen LogP contribution in [0.2, 0.25) is 0 Å². The molecule has 6 heteroatoms. The summed E-state index contributed by atoms with van der Waals surface area (Å²) in [6, 6.07) is 16.2. The molecule has 0 spiro atoms. The quantitative estimate of drug-likeness (QED) is 0.565. The Labute approximate surface area is 172 Å². The van der Waals surface area contributed by atoms with Gasteiger partial charge in [-0.1, -0.05) is 30.3 Å². The fourth-order valence-electron chi connectivity index (χ4n) is 2.71. The number of nitrogens with one attached hydrogen (secondary N) is 2. The summed E-state index contributed by atoms with van der Waals surface area (Å²) in [6.45, 7) is 7.31. The Morgan fingerprint density at radius 1 is 0.966 bits per heavy atom. The van der Waals surface area contributed by atoms with E-state index in [4.69, 9.17) is 9.47 Å². The van der Waals surface area contributed by atoms with Gasteiger partial charge in [-0.05, 0) is 50.6 Å². The Balaban J connectivity index is 1.76. The van der Waals surface area contributed by atoms with E-state index in [1.165, 1.54) is 0 Å². The van der Waals surface area contributed by atoms with Gasteiger partial charge in [0.25, 0.3) is 5.91 Å². The van der Waals surface area contributed by atoms with Crippen LogP contribution in [0.1, 0.15) is 43.1 Å². The van der Waals surface area contributed by atoms with Crippen molar-refractivity contribution in [2.24, 2.45) is 0 Å². The highest BCUT2D eigenvalue weighted by Gasteiger charge is 2.13. The van der Waals surface area contributed by atoms with Crippen molar-refractivity contribution in [3.63, 3.8) is 0 Å². The first kappa shape index (κ1) is 22.6. The number of hydrogen-bond donors (Lipinski definition) is 2. The Bertz CT molecular complexity index is 777. The van der Waals surface area contributed by atoms with Crippen LogP contribution in [0, 0.1) is 0 Å². The minimum absolute atomic E-state index is 0.158. The summed E-state index contributed by atoms with van der Waals surface area (Å²) in [4.78, 5) is 24.5. The number of ether oxygens (including phenoxy) is 2. The van der Waals surface area contributed by atoms with Crippen LogP contribution in [0.15, 0.2) is 54.6 Å². The summed E-state index contributed by atoms with van der Waals surface area (Å²) >= 11 is 0. The predicted molar refractivity (Wildman–Crippen MR) is 114 cm³/mol. The van der Waals surface area contributed by atoms with Crippen molar-refractivity contribution in [2.45, 2.75) is 45.9 Å². The lowest BCUT2D eigenvalue weighted by atomic mass is 10.1. The summed E-state index contributed by atoms with van der Waals surface area (Å²) < 4.78 is 11.0. The normalized spacial score (nSPS) is 11.9. The molecule has 2 N–H and O–H groups in total. The van der Waals surface area contributed by atoms with Gasteiger partial charge in [-0.2, -0.15) is 0 Å². The molecule has 2 aromatic carbocycles. The van der Waals surface area contributed by atoms with Crippen LogP contribution in [0.4, 0.5) is 5.69 Å². The predicted octanol–water partition coefficient (Wildman–Crippen LogP) is 3.78. The monoisotopic (exact) mass is 398 g/mol. The van der Waals surface area contributed by atoms with E-state index in [2.05, 4.69) is 10.6 Å². The third-order valence-electron chi connectivity index (χ3n) is 4.06. The van der Waals surface area contributed by atoms with Gasteiger partial charge in [0.1, 0.15) is 0 Å². The van der Waals surface area contributed by atoms with E-state index < -0.39 is 0 Å². The maximum Gasteiger partial charge on any atom is 0.251 e. The summed E-state index contributed by atoms with van der Waals surface area (Å²) in [5, 5.41) is 5.71. The second kappa shape index (κ2) is 12.0. The number of carbonyl (C=O) groups is 2. The summed E-state index contributed by atoms with van der Waals surface area (Å²) in [5.74, 6) is -0.347. The van der Waals surface area contributed by atoms with E-state index in [1.54, 1.807) is 24.3 Å². The minimum Gasteiger partial charge on any atom is -0.376 e. The zero-order chi connectivity index (χ0) is 21.1. The Morgan fingerprint density at radius 2 is 1.72 bits per heavy atom. The van der Waals surface area contributed by atoms with Crippen molar-refractivity contribution in [2.75, 3.05) is 18.5 Å². The van der Waals surface area contributed by atoms with Gasteiger partial charge in [0.15, 0.2) is 0 Å².